The third-order valence-electron chi connectivity index (χ3n) is 5.88. The van der Waals surface area contributed by atoms with Crippen LogP contribution in [-0.4, -0.2) is 49.5 Å². The molecule has 1 aliphatic carbocycles. The van der Waals surface area contributed by atoms with E-state index >= 15 is 0 Å². The van der Waals surface area contributed by atoms with E-state index in [1.807, 2.05) is 30.5 Å². The average Bonchev–Trinajstić information content (AvgIpc) is 3.36. The Balaban J connectivity index is 1.46. The molecule has 1 aromatic carbocycles. The van der Waals surface area contributed by atoms with E-state index in [0.717, 1.165) is 40.9 Å². The number of nitrogens with one attached hydrogen (secondary N) is 1. The third kappa shape index (κ3) is 3.56. The molecule has 0 spiro atoms. The Kier molecular flexibility index (Phi) is 5.14. The number of methoxy groups -OCH3 is 1. The monoisotopic (exact) mass is 425 g/mol. The summed E-state index contributed by atoms with van der Waals surface area (Å²) in [5, 5.41) is 12.6. The van der Waals surface area contributed by atoms with Gasteiger partial charge in [-0.05, 0) is 42.5 Å². The van der Waals surface area contributed by atoms with Crippen LogP contribution in [0.1, 0.15) is 26.2 Å². The van der Waals surface area contributed by atoms with Gasteiger partial charge in [-0.2, -0.15) is 4.98 Å². The van der Waals surface area contributed by atoms with E-state index in [9.17, 15) is 4.39 Å². The molecule has 4 aromatic rings. The molecule has 0 saturated heterocycles. The number of aryl methyl sites for hydroxylation is 1. The molecule has 9 nitrogen and oxygen atoms in total. The summed E-state index contributed by atoms with van der Waals surface area (Å²) < 4.78 is 21.7. The highest BCUT2D eigenvalue weighted by atomic mass is 19.1. The lowest BCUT2D eigenvalue weighted by Gasteiger charge is -2.33. The molecule has 0 bridgehead atoms. The standard InChI is InChI=1S/C21H24FN7O2/c1-3-13-10-15(11-13)31-26-21-23-20(30-2)19-16(6-8-29(19)25-21)14-4-5-17-18(12-14)28(9-7-22)27-24-17/h4-6,8,12-13,15H,3,7,9-11H2,1-2H3,(H,25,26). The molecule has 0 amide bonds. The SMILES string of the molecule is CCC1CC(ONc2nc(OC)c3c(-c4ccc5nnn(CCF)c5c4)ccn3n2)C1. The number of benzene rings is 1. The Morgan fingerprint density at radius 2 is 2.13 bits per heavy atom. The zero-order valence-electron chi connectivity index (χ0n) is 17.5. The van der Waals surface area contributed by atoms with Crippen LogP contribution in [-0.2, 0) is 11.4 Å². The molecule has 3 aromatic heterocycles. The summed E-state index contributed by atoms with van der Waals surface area (Å²) in [6, 6.07) is 7.70. The van der Waals surface area contributed by atoms with Crippen molar-refractivity contribution < 1.29 is 14.0 Å². The highest BCUT2D eigenvalue weighted by Crippen LogP contribution is 2.34. The molecule has 0 atom stereocenters. The minimum atomic E-state index is -0.503. The highest BCUT2D eigenvalue weighted by Gasteiger charge is 2.29. The second-order valence-electron chi connectivity index (χ2n) is 7.76. The molecule has 5 rings (SSSR count). The van der Waals surface area contributed by atoms with Gasteiger partial charge in [0.2, 0.25) is 5.88 Å². The van der Waals surface area contributed by atoms with Crippen LogP contribution in [0.5, 0.6) is 5.88 Å². The fourth-order valence-corrected chi connectivity index (χ4v) is 4.03. The van der Waals surface area contributed by atoms with E-state index < -0.39 is 6.67 Å². The molecule has 1 fully saturated rings. The first-order chi connectivity index (χ1) is 15.2. The van der Waals surface area contributed by atoms with Gasteiger partial charge < -0.3 is 4.74 Å². The highest BCUT2D eigenvalue weighted by molar-refractivity contribution is 5.89. The summed E-state index contributed by atoms with van der Waals surface area (Å²) in [6.45, 7) is 1.86. The van der Waals surface area contributed by atoms with Crippen molar-refractivity contribution in [2.45, 2.75) is 38.8 Å². The predicted molar refractivity (Wildman–Crippen MR) is 114 cm³/mol. The molecule has 0 aliphatic heterocycles. The number of alkyl halides is 1. The predicted octanol–water partition coefficient (Wildman–Crippen LogP) is 3.65. The zero-order chi connectivity index (χ0) is 21.4. The largest absolute Gasteiger partial charge is 0.479 e. The maximum absolute atomic E-state index is 12.8. The lowest BCUT2D eigenvalue weighted by Crippen LogP contribution is -2.32. The maximum atomic E-state index is 12.8. The summed E-state index contributed by atoms with van der Waals surface area (Å²) >= 11 is 0. The number of anilines is 1. The summed E-state index contributed by atoms with van der Waals surface area (Å²) in [5.41, 5.74) is 6.89. The van der Waals surface area contributed by atoms with Gasteiger partial charge in [0.25, 0.3) is 5.95 Å². The molecule has 10 heteroatoms. The van der Waals surface area contributed by atoms with Crippen LogP contribution >= 0.6 is 0 Å². The van der Waals surface area contributed by atoms with Crippen molar-refractivity contribution in [3.8, 4) is 17.0 Å². The smallest absolute Gasteiger partial charge is 0.268 e. The minimum absolute atomic E-state index is 0.165. The van der Waals surface area contributed by atoms with Crippen LogP contribution in [0.2, 0.25) is 0 Å². The van der Waals surface area contributed by atoms with Gasteiger partial charge in [0.05, 0.1) is 25.3 Å². The molecular weight excluding hydrogens is 401 g/mol. The minimum Gasteiger partial charge on any atom is -0.479 e. The van der Waals surface area contributed by atoms with E-state index in [-0.39, 0.29) is 12.6 Å². The van der Waals surface area contributed by atoms with Crippen molar-refractivity contribution in [3.05, 3.63) is 30.5 Å². The summed E-state index contributed by atoms with van der Waals surface area (Å²) in [6.07, 6.45) is 5.31. The zero-order valence-corrected chi connectivity index (χ0v) is 17.5. The van der Waals surface area contributed by atoms with Gasteiger partial charge in [0.1, 0.15) is 17.7 Å². The second kappa shape index (κ2) is 8.10. The van der Waals surface area contributed by atoms with Gasteiger partial charge in [-0.3, -0.25) is 4.84 Å². The van der Waals surface area contributed by atoms with Gasteiger partial charge in [0.15, 0.2) is 0 Å². The molecule has 162 valence electrons. The number of rotatable bonds is 8. The number of nitrogens with zero attached hydrogens (tertiary/aromatic N) is 6. The van der Waals surface area contributed by atoms with Crippen LogP contribution in [0.25, 0.3) is 27.7 Å². The van der Waals surface area contributed by atoms with Gasteiger partial charge in [-0.15, -0.1) is 10.2 Å². The van der Waals surface area contributed by atoms with Crippen LogP contribution in [0.3, 0.4) is 0 Å². The molecule has 0 unspecified atom stereocenters. The van der Waals surface area contributed by atoms with E-state index in [2.05, 4.69) is 32.8 Å². The van der Waals surface area contributed by atoms with Gasteiger partial charge in [0, 0.05) is 11.8 Å². The molecular formula is C21H24FN7O2. The summed E-state index contributed by atoms with van der Waals surface area (Å²) in [4.78, 5) is 10.2. The summed E-state index contributed by atoms with van der Waals surface area (Å²) in [7, 11) is 1.57. The fourth-order valence-electron chi connectivity index (χ4n) is 4.03. The van der Waals surface area contributed by atoms with Crippen LogP contribution in [0.4, 0.5) is 10.3 Å². The summed E-state index contributed by atoms with van der Waals surface area (Å²) in [5.74, 6) is 1.51. The number of ether oxygens (including phenoxy) is 1. The van der Waals surface area contributed by atoms with E-state index in [1.165, 1.54) is 6.42 Å². The van der Waals surface area contributed by atoms with Crippen molar-refractivity contribution in [2.75, 3.05) is 19.3 Å². The Bertz CT molecular complexity index is 1220. The molecule has 0 radical (unpaired) electrons. The third-order valence-corrected chi connectivity index (χ3v) is 5.88. The van der Waals surface area contributed by atoms with Crippen LogP contribution in [0.15, 0.2) is 30.5 Å². The van der Waals surface area contributed by atoms with Crippen LogP contribution < -0.4 is 10.2 Å². The van der Waals surface area contributed by atoms with Crippen molar-refractivity contribution >= 4 is 22.5 Å². The van der Waals surface area contributed by atoms with Crippen molar-refractivity contribution in [2.24, 2.45) is 5.92 Å². The Labute approximate surface area is 178 Å². The van der Waals surface area contributed by atoms with E-state index in [1.54, 1.807) is 16.3 Å². The van der Waals surface area contributed by atoms with E-state index in [4.69, 9.17) is 9.57 Å². The fraction of sp³-hybridized carbons (Fsp3) is 0.429. The van der Waals surface area contributed by atoms with Crippen molar-refractivity contribution in [1.29, 1.82) is 0 Å². The number of hydrogen-bond donors (Lipinski definition) is 1. The molecule has 1 saturated carbocycles. The quantitative estimate of drug-likeness (QED) is 0.431. The first-order valence-electron chi connectivity index (χ1n) is 10.4. The molecule has 31 heavy (non-hydrogen) atoms. The van der Waals surface area contributed by atoms with Crippen molar-refractivity contribution in [3.63, 3.8) is 0 Å². The molecule has 1 aliphatic rings. The first kappa shape index (κ1) is 19.7. The van der Waals surface area contributed by atoms with E-state index in [0.29, 0.717) is 17.3 Å². The Hall–Kier alpha value is -3.27. The first-order valence-corrected chi connectivity index (χ1v) is 10.4. The number of hydrogen-bond acceptors (Lipinski definition) is 7. The van der Waals surface area contributed by atoms with Crippen LogP contribution in [0, 0.1) is 5.92 Å². The second-order valence-corrected chi connectivity index (χ2v) is 7.76. The lowest BCUT2D eigenvalue weighted by atomic mass is 9.81. The normalized spacial score (nSPS) is 18.4. The number of halogens is 1. The number of fused-ring (bicyclic) bond motifs is 2. The Morgan fingerprint density at radius 1 is 1.26 bits per heavy atom. The number of aromatic nitrogens is 6. The van der Waals surface area contributed by atoms with Gasteiger partial charge in [-0.25, -0.2) is 19.1 Å². The van der Waals surface area contributed by atoms with Gasteiger partial charge >= 0.3 is 0 Å². The van der Waals surface area contributed by atoms with Crippen molar-refractivity contribution in [1.82, 2.24) is 29.6 Å². The lowest BCUT2D eigenvalue weighted by molar-refractivity contribution is -0.00267. The average molecular weight is 425 g/mol. The van der Waals surface area contributed by atoms with Gasteiger partial charge in [-0.1, -0.05) is 24.6 Å². The topological polar surface area (TPSA) is 91.4 Å². The molecule has 1 N–H and O–H groups in total. The molecule has 3 heterocycles. The Morgan fingerprint density at radius 3 is 2.90 bits per heavy atom. The maximum Gasteiger partial charge on any atom is 0.268 e.